The van der Waals surface area contributed by atoms with E-state index < -0.39 is 17.7 Å². The average molecular weight is 521 g/mol. The SMILES string of the molecule is CCOc1ccc(C(O)=C2C(=O)C(=O)N(Cc3cccnc3)C2c2cccc(OCc3ccccc3)c2)cc1. The van der Waals surface area contributed by atoms with Gasteiger partial charge >= 0.3 is 0 Å². The maximum atomic E-state index is 13.4. The Morgan fingerprint density at radius 2 is 1.64 bits per heavy atom. The van der Waals surface area contributed by atoms with Gasteiger partial charge in [0.05, 0.1) is 18.2 Å². The van der Waals surface area contributed by atoms with Gasteiger partial charge in [-0.05, 0) is 66.1 Å². The van der Waals surface area contributed by atoms with Crippen LogP contribution in [-0.2, 0) is 22.7 Å². The smallest absolute Gasteiger partial charge is 0.295 e. The number of likely N-dealkylation sites (tertiary alicyclic amines) is 1. The lowest BCUT2D eigenvalue weighted by molar-refractivity contribution is -0.140. The average Bonchev–Trinajstić information content (AvgIpc) is 3.22. The van der Waals surface area contributed by atoms with E-state index in [1.807, 2.05) is 61.5 Å². The Hall–Kier alpha value is -4.91. The van der Waals surface area contributed by atoms with Crippen LogP contribution in [-0.4, -0.2) is 33.3 Å². The number of aliphatic hydroxyl groups is 1. The zero-order chi connectivity index (χ0) is 27.2. The molecular weight excluding hydrogens is 492 g/mol. The van der Waals surface area contributed by atoms with E-state index in [0.29, 0.717) is 35.8 Å². The van der Waals surface area contributed by atoms with Crippen LogP contribution >= 0.6 is 0 Å². The molecule has 1 amide bonds. The Morgan fingerprint density at radius 1 is 0.872 bits per heavy atom. The number of amides is 1. The lowest BCUT2D eigenvalue weighted by Gasteiger charge is -2.25. The van der Waals surface area contributed by atoms with Gasteiger partial charge in [0.15, 0.2) is 0 Å². The monoisotopic (exact) mass is 520 g/mol. The third kappa shape index (κ3) is 5.67. The molecule has 0 radical (unpaired) electrons. The third-order valence-corrected chi connectivity index (χ3v) is 6.48. The van der Waals surface area contributed by atoms with Crippen molar-refractivity contribution in [1.29, 1.82) is 0 Å². The summed E-state index contributed by atoms with van der Waals surface area (Å²) in [6, 6.07) is 26.6. The number of aromatic nitrogens is 1. The van der Waals surface area contributed by atoms with E-state index in [4.69, 9.17) is 9.47 Å². The summed E-state index contributed by atoms with van der Waals surface area (Å²) in [6.07, 6.45) is 3.30. The summed E-state index contributed by atoms with van der Waals surface area (Å²) in [5.41, 5.74) is 2.87. The molecule has 1 N–H and O–H groups in total. The van der Waals surface area contributed by atoms with Crippen LogP contribution in [0.15, 0.2) is 109 Å². The first kappa shape index (κ1) is 25.7. The van der Waals surface area contributed by atoms with Gasteiger partial charge in [-0.2, -0.15) is 0 Å². The number of benzene rings is 3. The molecule has 1 aliphatic rings. The van der Waals surface area contributed by atoms with Crippen molar-refractivity contribution < 1.29 is 24.2 Å². The van der Waals surface area contributed by atoms with Crippen LogP contribution in [0, 0.1) is 0 Å². The zero-order valence-electron chi connectivity index (χ0n) is 21.5. The highest BCUT2D eigenvalue weighted by molar-refractivity contribution is 6.46. The molecule has 0 spiro atoms. The first-order valence-corrected chi connectivity index (χ1v) is 12.7. The van der Waals surface area contributed by atoms with E-state index in [9.17, 15) is 14.7 Å². The van der Waals surface area contributed by atoms with Crippen molar-refractivity contribution in [3.05, 3.63) is 131 Å². The molecule has 4 aromatic rings. The number of ether oxygens (including phenoxy) is 2. The number of nitrogens with zero attached hydrogens (tertiary/aromatic N) is 2. The van der Waals surface area contributed by atoms with Gasteiger partial charge in [-0.15, -0.1) is 0 Å². The first-order chi connectivity index (χ1) is 19.0. The zero-order valence-corrected chi connectivity index (χ0v) is 21.5. The molecule has 5 rings (SSSR count). The number of carbonyl (C=O) groups is 2. The highest BCUT2D eigenvalue weighted by Gasteiger charge is 2.46. The maximum absolute atomic E-state index is 13.4. The molecule has 7 nitrogen and oxygen atoms in total. The number of pyridine rings is 1. The molecule has 3 aromatic carbocycles. The Kier molecular flexibility index (Phi) is 7.68. The van der Waals surface area contributed by atoms with Crippen LogP contribution in [0.4, 0.5) is 0 Å². The summed E-state index contributed by atoms with van der Waals surface area (Å²) >= 11 is 0. The summed E-state index contributed by atoms with van der Waals surface area (Å²) in [7, 11) is 0. The number of hydrogen-bond acceptors (Lipinski definition) is 6. The quantitative estimate of drug-likeness (QED) is 0.174. The van der Waals surface area contributed by atoms with Crippen molar-refractivity contribution in [3.8, 4) is 11.5 Å². The second-order valence-electron chi connectivity index (χ2n) is 9.09. The van der Waals surface area contributed by atoms with E-state index in [2.05, 4.69) is 4.98 Å². The van der Waals surface area contributed by atoms with Gasteiger partial charge in [0, 0.05) is 24.5 Å². The lowest BCUT2D eigenvalue weighted by atomic mass is 9.95. The van der Waals surface area contributed by atoms with Gasteiger partial charge in [-0.1, -0.05) is 48.5 Å². The largest absolute Gasteiger partial charge is 0.507 e. The molecule has 39 heavy (non-hydrogen) atoms. The number of hydrogen-bond donors (Lipinski definition) is 1. The highest BCUT2D eigenvalue weighted by atomic mass is 16.5. The Labute approximate surface area is 227 Å². The predicted molar refractivity (Wildman–Crippen MR) is 147 cm³/mol. The second-order valence-corrected chi connectivity index (χ2v) is 9.09. The third-order valence-electron chi connectivity index (χ3n) is 6.48. The van der Waals surface area contributed by atoms with E-state index in [1.54, 1.807) is 48.8 Å². The van der Waals surface area contributed by atoms with Gasteiger partial charge in [-0.3, -0.25) is 14.6 Å². The van der Waals surface area contributed by atoms with Gasteiger partial charge in [-0.25, -0.2) is 0 Å². The van der Waals surface area contributed by atoms with Gasteiger partial charge in [0.25, 0.3) is 11.7 Å². The molecule has 1 fully saturated rings. The molecule has 1 saturated heterocycles. The Morgan fingerprint density at radius 3 is 2.36 bits per heavy atom. The lowest BCUT2D eigenvalue weighted by Crippen LogP contribution is -2.29. The molecule has 1 unspecified atom stereocenters. The molecule has 1 aromatic heterocycles. The van der Waals surface area contributed by atoms with Crippen molar-refractivity contribution in [2.24, 2.45) is 0 Å². The molecule has 0 aliphatic carbocycles. The summed E-state index contributed by atoms with van der Waals surface area (Å²) in [5.74, 6) is -0.446. The van der Waals surface area contributed by atoms with Crippen LogP contribution in [0.3, 0.4) is 0 Å². The molecule has 0 bridgehead atoms. The fraction of sp³-hybridized carbons (Fsp3) is 0.156. The molecule has 1 aliphatic heterocycles. The van der Waals surface area contributed by atoms with Crippen LogP contribution in [0.1, 0.15) is 35.2 Å². The second kappa shape index (κ2) is 11.6. The number of Topliss-reactive ketones (excluding diaryl/α,β-unsaturated/α-hetero) is 1. The van der Waals surface area contributed by atoms with Crippen molar-refractivity contribution in [1.82, 2.24) is 9.88 Å². The summed E-state index contributed by atoms with van der Waals surface area (Å²) in [6.45, 7) is 2.91. The minimum Gasteiger partial charge on any atom is -0.507 e. The maximum Gasteiger partial charge on any atom is 0.295 e. The van der Waals surface area contributed by atoms with Crippen LogP contribution < -0.4 is 9.47 Å². The molecule has 0 saturated carbocycles. The number of carbonyl (C=O) groups excluding carboxylic acids is 2. The molecule has 2 heterocycles. The Bertz CT molecular complexity index is 1480. The van der Waals surface area contributed by atoms with Gasteiger partial charge < -0.3 is 19.5 Å². The first-order valence-electron chi connectivity index (χ1n) is 12.7. The van der Waals surface area contributed by atoms with Crippen LogP contribution in [0.25, 0.3) is 5.76 Å². The van der Waals surface area contributed by atoms with E-state index in [1.165, 1.54) is 4.90 Å². The molecular formula is C32H28N2O5. The fourth-order valence-corrected chi connectivity index (χ4v) is 4.62. The van der Waals surface area contributed by atoms with Crippen molar-refractivity contribution in [2.75, 3.05) is 6.61 Å². The number of aliphatic hydroxyl groups excluding tert-OH is 1. The molecule has 7 heteroatoms. The van der Waals surface area contributed by atoms with Crippen molar-refractivity contribution in [2.45, 2.75) is 26.1 Å². The van der Waals surface area contributed by atoms with E-state index in [0.717, 1.165) is 11.1 Å². The topological polar surface area (TPSA) is 89.0 Å². The number of ketones is 1. The van der Waals surface area contributed by atoms with Crippen LogP contribution in [0.5, 0.6) is 11.5 Å². The van der Waals surface area contributed by atoms with Gasteiger partial charge in [0.2, 0.25) is 0 Å². The summed E-state index contributed by atoms with van der Waals surface area (Å²) in [5, 5.41) is 11.4. The van der Waals surface area contributed by atoms with Crippen molar-refractivity contribution in [3.63, 3.8) is 0 Å². The molecule has 1 atom stereocenters. The van der Waals surface area contributed by atoms with Gasteiger partial charge in [0.1, 0.15) is 23.9 Å². The predicted octanol–water partition coefficient (Wildman–Crippen LogP) is 5.68. The molecule has 196 valence electrons. The van der Waals surface area contributed by atoms with E-state index in [-0.39, 0.29) is 17.9 Å². The Balaban J connectivity index is 1.54. The minimum atomic E-state index is -0.822. The van der Waals surface area contributed by atoms with Crippen LogP contribution in [0.2, 0.25) is 0 Å². The highest BCUT2D eigenvalue weighted by Crippen LogP contribution is 2.41. The van der Waals surface area contributed by atoms with E-state index >= 15 is 0 Å². The normalized spacial score (nSPS) is 16.3. The standard InChI is InChI=1S/C32H28N2O5/c1-2-38-26-15-13-24(14-16-26)30(35)28-29(34(32(37)31(28)36)20-23-10-7-17-33-19-23)25-11-6-12-27(18-25)39-21-22-8-4-3-5-9-22/h3-19,29,35H,2,20-21H2,1H3. The summed E-state index contributed by atoms with van der Waals surface area (Å²) in [4.78, 5) is 32.3. The van der Waals surface area contributed by atoms with Crippen molar-refractivity contribution >= 4 is 17.4 Å². The number of rotatable bonds is 9. The fourth-order valence-electron chi connectivity index (χ4n) is 4.62. The minimum absolute atomic E-state index is 0.0215. The summed E-state index contributed by atoms with van der Waals surface area (Å²) < 4.78 is 11.5.